The lowest BCUT2D eigenvalue weighted by atomic mass is 10.2. The Kier molecular flexibility index (Phi) is 2.56. The molecule has 6 heteroatoms. The van der Waals surface area contributed by atoms with E-state index in [1.807, 2.05) is 31.2 Å². The van der Waals surface area contributed by atoms with Crippen molar-refractivity contribution in [1.29, 1.82) is 0 Å². The third-order valence-corrected chi connectivity index (χ3v) is 2.88. The average molecular weight is 255 g/mol. The molecule has 3 aromatic rings. The minimum Gasteiger partial charge on any atom is -0.495 e. The van der Waals surface area contributed by atoms with Crippen molar-refractivity contribution in [2.45, 2.75) is 6.92 Å². The van der Waals surface area contributed by atoms with Gasteiger partial charge in [0.2, 0.25) is 0 Å². The number of fused-ring (bicyclic) bond motifs is 1. The number of nitrogens with two attached hydrogens (primary N) is 1. The molecule has 0 radical (unpaired) electrons. The number of rotatable bonds is 2. The van der Waals surface area contributed by atoms with Gasteiger partial charge >= 0.3 is 0 Å². The monoisotopic (exact) mass is 255 g/mol. The molecular weight excluding hydrogens is 242 g/mol. The summed E-state index contributed by atoms with van der Waals surface area (Å²) in [7, 11) is 1.59. The number of hydrogen-bond acceptors (Lipinski definition) is 5. The van der Waals surface area contributed by atoms with Crippen LogP contribution in [0.25, 0.3) is 17.0 Å². The quantitative estimate of drug-likeness (QED) is 0.705. The summed E-state index contributed by atoms with van der Waals surface area (Å²) in [5.74, 6) is 1.30. The van der Waals surface area contributed by atoms with Gasteiger partial charge in [-0.15, -0.1) is 10.2 Å². The van der Waals surface area contributed by atoms with Gasteiger partial charge in [0, 0.05) is 5.56 Å². The predicted molar refractivity (Wildman–Crippen MR) is 71.9 cm³/mol. The molecule has 0 atom stereocenters. The van der Waals surface area contributed by atoms with E-state index in [-0.39, 0.29) is 0 Å². The van der Waals surface area contributed by atoms with Gasteiger partial charge in [0.25, 0.3) is 0 Å². The van der Waals surface area contributed by atoms with Crippen molar-refractivity contribution < 1.29 is 4.74 Å². The molecule has 96 valence electrons. The summed E-state index contributed by atoms with van der Waals surface area (Å²) < 4.78 is 6.85. The second-order valence-electron chi connectivity index (χ2n) is 4.23. The van der Waals surface area contributed by atoms with Crippen LogP contribution in [0.2, 0.25) is 0 Å². The molecule has 0 aliphatic carbocycles. The van der Waals surface area contributed by atoms with Gasteiger partial charge in [0.05, 0.1) is 18.5 Å². The number of nitrogen functional groups attached to an aromatic ring is 1. The molecule has 3 rings (SSSR count). The second kappa shape index (κ2) is 4.24. The van der Waals surface area contributed by atoms with E-state index in [0.29, 0.717) is 22.9 Å². The SMILES string of the molecule is COc1ccc(-c2nnc3ccc(C)nn23)cc1N. The molecule has 0 spiro atoms. The van der Waals surface area contributed by atoms with Crippen molar-refractivity contribution in [1.82, 2.24) is 19.8 Å². The van der Waals surface area contributed by atoms with Gasteiger partial charge in [0.1, 0.15) is 5.75 Å². The normalized spacial score (nSPS) is 10.8. The summed E-state index contributed by atoms with van der Waals surface area (Å²) in [6.45, 7) is 1.92. The minimum absolute atomic E-state index is 0.560. The molecule has 0 unspecified atom stereocenters. The zero-order valence-electron chi connectivity index (χ0n) is 10.7. The summed E-state index contributed by atoms with van der Waals surface area (Å²) in [4.78, 5) is 0. The van der Waals surface area contributed by atoms with Crippen molar-refractivity contribution in [3.8, 4) is 17.1 Å². The maximum atomic E-state index is 5.91. The number of methoxy groups -OCH3 is 1. The van der Waals surface area contributed by atoms with Gasteiger partial charge < -0.3 is 10.5 Å². The standard InChI is InChI=1S/C13H13N5O/c1-8-3-6-12-15-16-13(18(12)17-8)9-4-5-11(19-2)10(14)7-9/h3-7H,14H2,1-2H3. The summed E-state index contributed by atoms with van der Waals surface area (Å²) in [5, 5.41) is 12.6. The molecule has 0 amide bonds. The number of hydrogen-bond donors (Lipinski definition) is 1. The zero-order valence-corrected chi connectivity index (χ0v) is 10.7. The highest BCUT2D eigenvalue weighted by atomic mass is 16.5. The van der Waals surface area contributed by atoms with Crippen molar-refractivity contribution in [2.75, 3.05) is 12.8 Å². The second-order valence-corrected chi connectivity index (χ2v) is 4.23. The van der Waals surface area contributed by atoms with Gasteiger partial charge in [-0.1, -0.05) is 0 Å². The smallest absolute Gasteiger partial charge is 0.185 e. The molecule has 2 heterocycles. The minimum atomic E-state index is 0.560. The number of nitrogens with zero attached hydrogens (tertiary/aromatic N) is 4. The molecule has 0 aliphatic rings. The lowest BCUT2D eigenvalue weighted by Crippen LogP contribution is -1.98. The summed E-state index contributed by atoms with van der Waals surface area (Å²) in [5.41, 5.74) is 8.92. The fourth-order valence-electron chi connectivity index (χ4n) is 1.93. The van der Waals surface area contributed by atoms with Crippen molar-refractivity contribution >= 4 is 11.3 Å². The highest BCUT2D eigenvalue weighted by Crippen LogP contribution is 2.27. The number of benzene rings is 1. The molecule has 1 aromatic carbocycles. The number of ether oxygens (including phenoxy) is 1. The molecule has 0 saturated heterocycles. The first-order valence-electron chi connectivity index (χ1n) is 5.82. The molecule has 2 aromatic heterocycles. The molecule has 2 N–H and O–H groups in total. The van der Waals surface area contributed by atoms with Crippen LogP contribution in [0.3, 0.4) is 0 Å². The predicted octanol–water partition coefficient (Wildman–Crippen LogP) is 1.69. The van der Waals surface area contributed by atoms with Crippen LogP contribution in [0.15, 0.2) is 30.3 Å². The Morgan fingerprint density at radius 1 is 1.16 bits per heavy atom. The van der Waals surface area contributed by atoms with Gasteiger partial charge in [-0.3, -0.25) is 0 Å². The highest BCUT2D eigenvalue weighted by Gasteiger charge is 2.11. The van der Waals surface area contributed by atoms with E-state index in [0.717, 1.165) is 11.3 Å². The number of aromatic nitrogens is 4. The Morgan fingerprint density at radius 3 is 2.74 bits per heavy atom. The van der Waals surface area contributed by atoms with E-state index >= 15 is 0 Å². The van der Waals surface area contributed by atoms with Crippen molar-refractivity contribution in [3.63, 3.8) is 0 Å². The first-order valence-corrected chi connectivity index (χ1v) is 5.82. The van der Waals surface area contributed by atoms with E-state index in [9.17, 15) is 0 Å². The van der Waals surface area contributed by atoms with E-state index < -0.39 is 0 Å². The Morgan fingerprint density at radius 2 is 2.00 bits per heavy atom. The van der Waals surface area contributed by atoms with E-state index in [2.05, 4.69) is 15.3 Å². The van der Waals surface area contributed by atoms with Crippen LogP contribution in [-0.4, -0.2) is 26.9 Å². The van der Waals surface area contributed by atoms with E-state index in [1.54, 1.807) is 17.7 Å². The maximum Gasteiger partial charge on any atom is 0.185 e. The lowest BCUT2D eigenvalue weighted by Gasteiger charge is -2.06. The molecular formula is C13H13N5O. The van der Waals surface area contributed by atoms with Crippen LogP contribution in [0.5, 0.6) is 5.75 Å². The first-order chi connectivity index (χ1) is 9.19. The summed E-state index contributed by atoms with van der Waals surface area (Å²) in [6.07, 6.45) is 0. The molecule has 0 saturated carbocycles. The van der Waals surface area contributed by atoms with E-state index in [1.165, 1.54) is 0 Å². The summed E-state index contributed by atoms with van der Waals surface area (Å²) in [6, 6.07) is 9.28. The maximum absolute atomic E-state index is 5.91. The van der Waals surface area contributed by atoms with Crippen LogP contribution < -0.4 is 10.5 Å². The molecule has 0 bridgehead atoms. The Hall–Kier alpha value is -2.63. The fourth-order valence-corrected chi connectivity index (χ4v) is 1.93. The fraction of sp³-hybridized carbons (Fsp3) is 0.154. The third kappa shape index (κ3) is 1.87. The van der Waals surface area contributed by atoms with Gasteiger partial charge in [-0.2, -0.15) is 9.61 Å². The van der Waals surface area contributed by atoms with E-state index in [4.69, 9.17) is 10.5 Å². The molecule has 19 heavy (non-hydrogen) atoms. The third-order valence-electron chi connectivity index (χ3n) is 2.88. The van der Waals surface area contributed by atoms with Crippen LogP contribution in [0.1, 0.15) is 5.69 Å². The lowest BCUT2D eigenvalue weighted by molar-refractivity contribution is 0.417. The van der Waals surface area contributed by atoms with Gasteiger partial charge in [-0.05, 0) is 37.3 Å². The first kappa shape index (κ1) is 11.5. The Labute approximate surface area is 109 Å². The Bertz CT molecular complexity index is 750. The van der Waals surface area contributed by atoms with Gasteiger partial charge in [0.15, 0.2) is 11.5 Å². The highest BCUT2D eigenvalue weighted by molar-refractivity contribution is 5.67. The number of aryl methyl sites for hydroxylation is 1. The number of anilines is 1. The summed E-state index contributed by atoms with van der Waals surface area (Å²) >= 11 is 0. The van der Waals surface area contributed by atoms with Crippen molar-refractivity contribution in [2.24, 2.45) is 0 Å². The van der Waals surface area contributed by atoms with Crippen LogP contribution >= 0.6 is 0 Å². The van der Waals surface area contributed by atoms with Gasteiger partial charge in [-0.25, -0.2) is 0 Å². The molecule has 6 nitrogen and oxygen atoms in total. The zero-order chi connectivity index (χ0) is 13.4. The van der Waals surface area contributed by atoms with Crippen molar-refractivity contribution in [3.05, 3.63) is 36.0 Å². The van der Waals surface area contributed by atoms with Crippen LogP contribution in [0, 0.1) is 6.92 Å². The van der Waals surface area contributed by atoms with Crippen LogP contribution in [0.4, 0.5) is 5.69 Å². The average Bonchev–Trinajstić information content (AvgIpc) is 2.81. The molecule has 0 fully saturated rings. The topological polar surface area (TPSA) is 78.3 Å². The van der Waals surface area contributed by atoms with Crippen LogP contribution in [-0.2, 0) is 0 Å². The molecule has 0 aliphatic heterocycles. The largest absolute Gasteiger partial charge is 0.495 e. The Balaban J connectivity index is 2.18.